The van der Waals surface area contributed by atoms with Gasteiger partial charge in [-0.1, -0.05) is 15.9 Å². The van der Waals surface area contributed by atoms with E-state index in [1.165, 1.54) is 12.1 Å². The fourth-order valence-corrected chi connectivity index (χ4v) is 1.75. The van der Waals surface area contributed by atoms with E-state index in [1.54, 1.807) is 19.9 Å². The van der Waals surface area contributed by atoms with Gasteiger partial charge in [0.1, 0.15) is 0 Å². The number of carbonyl (C=O) groups excluding carboxylic acids is 2. The van der Waals surface area contributed by atoms with Crippen molar-refractivity contribution in [2.75, 3.05) is 13.2 Å². The van der Waals surface area contributed by atoms with E-state index in [0.29, 0.717) is 4.47 Å². The van der Waals surface area contributed by atoms with Crippen molar-refractivity contribution >= 4 is 27.8 Å². The van der Waals surface area contributed by atoms with E-state index in [1.807, 2.05) is 0 Å². The van der Waals surface area contributed by atoms with Gasteiger partial charge in [0.2, 0.25) is 0 Å². The van der Waals surface area contributed by atoms with Crippen LogP contribution in [0.15, 0.2) is 22.7 Å². The third-order valence-corrected chi connectivity index (χ3v) is 2.76. The predicted octanol–water partition coefficient (Wildman–Crippen LogP) is 2.42. The standard InChI is InChI=1S/C14H17BrFNO4/c1-9(2)21-14(19)5-6-17-13(18)8-20-12-4-3-10(15)7-11(12)16/h3-4,7,9H,5-6,8H2,1-2H3,(H,17,18). The number of amides is 1. The summed E-state index contributed by atoms with van der Waals surface area (Å²) in [4.78, 5) is 22.7. The van der Waals surface area contributed by atoms with Crippen LogP contribution in [0.3, 0.4) is 0 Å². The molecular weight excluding hydrogens is 345 g/mol. The van der Waals surface area contributed by atoms with Gasteiger partial charge in [-0.05, 0) is 32.0 Å². The summed E-state index contributed by atoms with van der Waals surface area (Å²) >= 11 is 3.12. The molecule has 5 nitrogen and oxygen atoms in total. The molecule has 0 heterocycles. The number of rotatable bonds is 7. The zero-order chi connectivity index (χ0) is 15.8. The number of nitrogens with one attached hydrogen (secondary N) is 1. The molecule has 116 valence electrons. The van der Waals surface area contributed by atoms with Gasteiger partial charge in [0, 0.05) is 11.0 Å². The van der Waals surface area contributed by atoms with E-state index in [4.69, 9.17) is 9.47 Å². The average Bonchev–Trinajstić information content (AvgIpc) is 2.36. The highest BCUT2D eigenvalue weighted by atomic mass is 79.9. The molecule has 0 bridgehead atoms. The smallest absolute Gasteiger partial charge is 0.307 e. The molecule has 0 spiro atoms. The van der Waals surface area contributed by atoms with Crippen molar-refractivity contribution in [3.05, 3.63) is 28.5 Å². The van der Waals surface area contributed by atoms with Gasteiger partial charge in [-0.15, -0.1) is 0 Å². The van der Waals surface area contributed by atoms with E-state index in [2.05, 4.69) is 21.2 Å². The van der Waals surface area contributed by atoms with Crippen molar-refractivity contribution in [1.29, 1.82) is 0 Å². The lowest BCUT2D eigenvalue weighted by atomic mass is 10.3. The number of benzene rings is 1. The van der Waals surface area contributed by atoms with Crippen LogP contribution >= 0.6 is 15.9 Å². The molecular formula is C14H17BrFNO4. The predicted molar refractivity (Wildman–Crippen MR) is 78.4 cm³/mol. The molecule has 0 aromatic heterocycles. The van der Waals surface area contributed by atoms with Gasteiger partial charge in [0.05, 0.1) is 12.5 Å². The van der Waals surface area contributed by atoms with Crippen LogP contribution in [0.2, 0.25) is 0 Å². The molecule has 0 saturated carbocycles. The minimum Gasteiger partial charge on any atom is -0.481 e. The summed E-state index contributed by atoms with van der Waals surface area (Å²) < 4.78 is 24.0. The third kappa shape index (κ3) is 7.08. The van der Waals surface area contributed by atoms with Crippen LogP contribution in [-0.2, 0) is 14.3 Å². The Morgan fingerprint density at radius 2 is 2.10 bits per heavy atom. The molecule has 0 aliphatic heterocycles. The molecule has 1 aromatic rings. The molecule has 21 heavy (non-hydrogen) atoms. The van der Waals surface area contributed by atoms with E-state index in [0.717, 1.165) is 0 Å². The second kappa shape index (κ2) is 8.61. The highest BCUT2D eigenvalue weighted by Crippen LogP contribution is 2.21. The van der Waals surface area contributed by atoms with Crippen molar-refractivity contribution in [1.82, 2.24) is 5.32 Å². The fraction of sp³-hybridized carbons (Fsp3) is 0.429. The molecule has 1 rings (SSSR count). The minimum absolute atomic E-state index is 0.00688. The van der Waals surface area contributed by atoms with Crippen molar-refractivity contribution in [3.63, 3.8) is 0 Å². The summed E-state index contributed by atoms with van der Waals surface area (Å²) in [5, 5.41) is 2.49. The monoisotopic (exact) mass is 361 g/mol. The number of esters is 1. The summed E-state index contributed by atoms with van der Waals surface area (Å²) in [7, 11) is 0. The van der Waals surface area contributed by atoms with Crippen LogP contribution < -0.4 is 10.1 Å². The Morgan fingerprint density at radius 3 is 2.71 bits per heavy atom. The minimum atomic E-state index is -0.558. The van der Waals surface area contributed by atoms with Gasteiger partial charge in [0.25, 0.3) is 5.91 Å². The number of carbonyl (C=O) groups is 2. The van der Waals surface area contributed by atoms with Crippen molar-refractivity contribution in [2.45, 2.75) is 26.4 Å². The van der Waals surface area contributed by atoms with Gasteiger partial charge >= 0.3 is 5.97 Å². The van der Waals surface area contributed by atoms with Gasteiger partial charge in [0.15, 0.2) is 18.2 Å². The van der Waals surface area contributed by atoms with E-state index < -0.39 is 11.7 Å². The van der Waals surface area contributed by atoms with Gasteiger partial charge in [-0.3, -0.25) is 9.59 Å². The molecule has 1 aromatic carbocycles. The van der Waals surface area contributed by atoms with Crippen LogP contribution in [0.1, 0.15) is 20.3 Å². The Hall–Kier alpha value is -1.63. The van der Waals surface area contributed by atoms with Crippen molar-refractivity contribution in [2.24, 2.45) is 0 Å². The van der Waals surface area contributed by atoms with Crippen LogP contribution in [-0.4, -0.2) is 31.1 Å². The third-order valence-electron chi connectivity index (χ3n) is 2.27. The second-order valence-electron chi connectivity index (χ2n) is 4.50. The van der Waals surface area contributed by atoms with Crippen LogP contribution in [0.4, 0.5) is 4.39 Å². The van der Waals surface area contributed by atoms with Crippen molar-refractivity contribution in [3.8, 4) is 5.75 Å². The van der Waals surface area contributed by atoms with E-state index >= 15 is 0 Å². The second-order valence-corrected chi connectivity index (χ2v) is 5.42. The molecule has 0 aliphatic carbocycles. The molecule has 1 N–H and O–H groups in total. The number of hydrogen-bond donors (Lipinski definition) is 1. The molecule has 0 unspecified atom stereocenters. The Balaban J connectivity index is 2.27. The van der Waals surface area contributed by atoms with E-state index in [-0.39, 0.29) is 37.4 Å². The molecule has 0 aliphatic rings. The number of halogens is 2. The number of ether oxygens (including phenoxy) is 2. The summed E-state index contributed by atoms with van der Waals surface area (Å²) in [6.45, 7) is 3.32. The van der Waals surface area contributed by atoms with Gasteiger partial charge in [-0.25, -0.2) is 4.39 Å². The lowest BCUT2D eigenvalue weighted by Gasteiger charge is -2.09. The molecule has 7 heteroatoms. The first-order valence-corrected chi connectivity index (χ1v) is 7.22. The maximum absolute atomic E-state index is 13.4. The maximum Gasteiger partial charge on any atom is 0.307 e. The summed E-state index contributed by atoms with van der Waals surface area (Å²) in [6.07, 6.45) is -0.103. The quantitative estimate of drug-likeness (QED) is 0.757. The summed E-state index contributed by atoms with van der Waals surface area (Å²) in [5.41, 5.74) is 0. The molecule has 0 saturated heterocycles. The molecule has 1 amide bonds. The van der Waals surface area contributed by atoms with Crippen LogP contribution in [0.25, 0.3) is 0 Å². The normalized spacial score (nSPS) is 10.3. The first-order chi connectivity index (χ1) is 9.88. The highest BCUT2D eigenvalue weighted by Gasteiger charge is 2.09. The molecule has 0 radical (unpaired) electrons. The maximum atomic E-state index is 13.4. The Kier molecular flexibility index (Phi) is 7.14. The van der Waals surface area contributed by atoms with Crippen molar-refractivity contribution < 1.29 is 23.5 Å². The Bertz CT molecular complexity index is 508. The van der Waals surface area contributed by atoms with Gasteiger partial charge in [-0.2, -0.15) is 0 Å². The highest BCUT2D eigenvalue weighted by molar-refractivity contribution is 9.10. The van der Waals surface area contributed by atoms with E-state index in [9.17, 15) is 14.0 Å². The van der Waals surface area contributed by atoms with Crippen LogP contribution in [0, 0.1) is 5.82 Å². The first kappa shape index (κ1) is 17.4. The Labute approximate surface area is 130 Å². The lowest BCUT2D eigenvalue weighted by molar-refractivity contribution is -0.147. The average molecular weight is 362 g/mol. The molecule has 0 atom stereocenters. The zero-order valence-electron chi connectivity index (χ0n) is 11.8. The number of hydrogen-bond acceptors (Lipinski definition) is 4. The topological polar surface area (TPSA) is 64.6 Å². The fourth-order valence-electron chi connectivity index (χ4n) is 1.41. The zero-order valence-corrected chi connectivity index (χ0v) is 13.4. The Morgan fingerprint density at radius 1 is 1.38 bits per heavy atom. The summed E-state index contributed by atoms with van der Waals surface area (Å²) in [5.74, 6) is -1.38. The SMILES string of the molecule is CC(C)OC(=O)CCNC(=O)COc1ccc(Br)cc1F. The van der Waals surface area contributed by atoms with Gasteiger partial charge < -0.3 is 14.8 Å². The van der Waals surface area contributed by atoms with Crippen LogP contribution in [0.5, 0.6) is 5.75 Å². The summed E-state index contributed by atoms with van der Waals surface area (Å²) in [6, 6.07) is 4.28. The lowest BCUT2D eigenvalue weighted by Crippen LogP contribution is -2.31. The largest absolute Gasteiger partial charge is 0.481 e. The molecule has 0 fully saturated rings. The first-order valence-electron chi connectivity index (χ1n) is 6.42.